The SMILES string of the molecule is O=C(CN1C(=O)S/C(=C/c2cccn2-c2cccc(Br)c2)C1=O)Nc1cccc(F)c1. The molecule has 1 aromatic heterocycles. The number of thioether (sulfide) groups is 1. The Morgan fingerprint density at radius 3 is 2.68 bits per heavy atom. The minimum absolute atomic E-state index is 0.221. The standard InChI is InChI=1S/C22H15BrFN3O3S/c23-14-4-1-7-17(10-14)26-9-3-8-18(26)12-19-21(29)27(22(30)31-19)13-20(28)25-16-6-2-5-15(24)11-16/h1-12H,13H2,(H,25,28)/b19-12+. The van der Waals surface area contributed by atoms with E-state index < -0.39 is 29.4 Å². The fourth-order valence-corrected chi connectivity index (χ4v) is 4.26. The predicted octanol–water partition coefficient (Wildman–Crippen LogP) is 5.05. The van der Waals surface area contributed by atoms with E-state index >= 15 is 0 Å². The van der Waals surface area contributed by atoms with Crippen LogP contribution in [0.3, 0.4) is 0 Å². The Labute approximate surface area is 189 Å². The topological polar surface area (TPSA) is 71.4 Å². The molecule has 0 bridgehead atoms. The summed E-state index contributed by atoms with van der Waals surface area (Å²) in [5, 5.41) is 1.95. The van der Waals surface area contributed by atoms with Gasteiger partial charge in [-0.25, -0.2) is 4.39 Å². The second-order valence-corrected chi connectivity index (χ2v) is 8.52. The molecule has 0 spiro atoms. The molecule has 3 amide bonds. The number of carbonyl (C=O) groups excluding carboxylic acids is 3. The third-order valence-electron chi connectivity index (χ3n) is 4.43. The van der Waals surface area contributed by atoms with Crippen molar-refractivity contribution in [3.05, 3.63) is 87.7 Å². The summed E-state index contributed by atoms with van der Waals surface area (Å²) in [7, 11) is 0. The Bertz CT molecular complexity index is 1220. The number of nitrogens with one attached hydrogen (secondary N) is 1. The van der Waals surface area contributed by atoms with Crippen molar-refractivity contribution in [3.63, 3.8) is 0 Å². The third kappa shape index (κ3) is 4.78. The zero-order valence-electron chi connectivity index (χ0n) is 15.9. The second-order valence-electron chi connectivity index (χ2n) is 6.61. The largest absolute Gasteiger partial charge is 0.324 e. The van der Waals surface area contributed by atoms with Gasteiger partial charge in [-0.2, -0.15) is 0 Å². The Morgan fingerprint density at radius 2 is 1.90 bits per heavy atom. The maximum atomic E-state index is 13.3. The van der Waals surface area contributed by atoms with E-state index in [9.17, 15) is 18.8 Å². The Balaban J connectivity index is 1.51. The number of amides is 3. The van der Waals surface area contributed by atoms with Crippen LogP contribution in [0.2, 0.25) is 0 Å². The van der Waals surface area contributed by atoms with E-state index in [0.717, 1.165) is 32.9 Å². The maximum Gasteiger partial charge on any atom is 0.294 e. The van der Waals surface area contributed by atoms with Crippen molar-refractivity contribution in [2.75, 3.05) is 11.9 Å². The number of nitrogens with zero attached hydrogens (tertiary/aromatic N) is 2. The first-order valence-electron chi connectivity index (χ1n) is 9.15. The second kappa shape index (κ2) is 8.91. The number of hydrogen-bond acceptors (Lipinski definition) is 4. The molecule has 1 N–H and O–H groups in total. The van der Waals surface area contributed by atoms with Crippen LogP contribution in [0.15, 0.2) is 76.2 Å². The molecule has 0 unspecified atom stereocenters. The highest BCUT2D eigenvalue weighted by molar-refractivity contribution is 9.10. The van der Waals surface area contributed by atoms with Crippen molar-refractivity contribution in [1.82, 2.24) is 9.47 Å². The fourth-order valence-electron chi connectivity index (χ4n) is 3.05. The average Bonchev–Trinajstić information content (AvgIpc) is 3.28. The lowest BCUT2D eigenvalue weighted by atomic mass is 10.3. The molecule has 2 aromatic carbocycles. The van der Waals surface area contributed by atoms with Crippen LogP contribution >= 0.6 is 27.7 Å². The number of hydrogen-bond donors (Lipinski definition) is 1. The molecule has 156 valence electrons. The van der Waals surface area contributed by atoms with Crippen LogP contribution in [0, 0.1) is 5.82 Å². The zero-order chi connectivity index (χ0) is 22.0. The van der Waals surface area contributed by atoms with E-state index in [1.807, 2.05) is 47.2 Å². The lowest BCUT2D eigenvalue weighted by molar-refractivity contribution is -0.127. The van der Waals surface area contributed by atoms with E-state index in [2.05, 4.69) is 21.2 Å². The highest BCUT2D eigenvalue weighted by Gasteiger charge is 2.36. The summed E-state index contributed by atoms with van der Waals surface area (Å²) in [6.07, 6.45) is 3.47. The number of rotatable bonds is 5. The summed E-state index contributed by atoms with van der Waals surface area (Å²) in [5.74, 6) is -1.64. The van der Waals surface area contributed by atoms with Gasteiger partial charge in [0, 0.05) is 27.7 Å². The molecule has 0 radical (unpaired) electrons. The van der Waals surface area contributed by atoms with Gasteiger partial charge in [-0.3, -0.25) is 19.3 Å². The fraction of sp³-hybridized carbons (Fsp3) is 0.0455. The molecule has 1 aliphatic rings. The van der Waals surface area contributed by atoms with Gasteiger partial charge < -0.3 is 9.88 Å². The van der Waals surface area contributed by atoms with Gasteiger partial charge in [-0.05, 0) is 66.4 Å². The van der Waals surface area contributed by atoms with Crippen LogP contribution in [0.4, 0.5) is 14.9 Å². The van der Waals surface area contributed by atoms with E-state index in [4.69, 9.17) is 0 Å². The first-order chi connectivity index (χ1) is 14.9. The summed E-state index contributed by atoms with van der Waals surface area (Å²) < 4.78 is 16.1. The van der Waals surface area contributed by atoms with Gasteiger partial charge in [0.15, 0.2) is 0 Å². The van der Waals surface area contributed by atoms with Gasteiger partial charge in [0.1, 0.15) is 12.4 Å². The molecule has 1 fully saturated rings. The van der Waals surface area contributed by atoms with Gasteiger partial charge in [-0.1, -0.05) is 28.1 Å². The molecule has 2 heterocycles. The zero-order valence-corrected chi connectivity index (χ0v) is 18.3. The van der Waals surface area contributed by atoms with Crippen LogP contribution in [0.1, 0.15) is 5.69 Å². The van der Waals surface area contributed by atoms with Crippen molar-refractivity contribution in [1.29, 1.82) is 0 Å². The van der Waals surface area contributed by atoms with Crippen LogP contribution < -0.4 is 5.32 Å². The van der Waals surface area contributed by atoms with Gasteiger partial charge >= 0.3 is 0 Å². The first kappa shape index (κ1) is 21.1. The summed E-state index contributed by atoms with van der Waals surface area (Å²) in [4.78, 5) is 38.4. The van der Waals surface area contributed by atoms with Crippen molar-refractivity contribution in [2.45, 2.75) is 0 Å². The van der Waals surface area contributed by atoms with Crippen molar-refractivity contribution >= 4 is 56.5 Å². The lowest BCUT2D eigenvalue weighted by Crippen LogP contribution is -2.36. The number of halogens is 2. The highest BCUT2D eigenvalue weighted by atomic mass is 79.9. The normalized spacial score (nSPS) is 15.0. The minimum Gasteiger partial charge on any atom is -0.324 e. The number of aromatic nitrogens is 1. The van der Waals surface area contributed by atoms with E-state index in [1.165, 1.54) is 18.2 Å². The summed E-state index contributed by atoms with van der Waals surface area (Å²) in [6.45, 7) is -0.453. The monoisotopic (exact) mass is 499 g/mol. The summed E-state index contributed by atoms with van der Waals surface area (Å²) >= 11 is 4.21. The lowest BCUT2D eigenvalue weighted by Gasteiger charge is -2.12. The molecular formula is C22H15BrFN3O3S. The average molecular weight is 500 g/mol. The third-order valence-corrected chi connectivity index (χ3v) is 5.83. The molecule has 0 saturated carbocycles. The molecule has 0 aliphatic carbocycles. The van der Waals surface area contributed by atoms with Crippen molar-refractivity contribution < 1.29 is 18.8 Å². The molecular weight excluding hydrogens is 485 g/mol. The van der Waals surface area contributed by atoms with E-state index in [1.54, 1.807) is 6.08 Å². The number of anilines is 1. The van der Waals surface area contributed by atoms with Gasteiger partial charge in [-0.15, -0.1) is 0 Å². The van der Waals surface area contributed by atoms with Gasteiger partial charge in [0.05, 0.1) is 4.91 Å². The molecule has 1 aliphatic heterocycles. The Kier molecular flexibility index (Phi) is 6.06. The number of imide groups is 1. The quantitative estimate of drug-likeness (QED) is 0.498. The molecule has 9 heteroatoms. The van der Waals surface area contributed by atoms with Crippen LogP contribution in [-0.4, -0.2) is 33.1 Å². The van der Waals surface area contributed by atoms with Crippen molar-refractivity contribution in [2.24, 2.45) is 0 Å². The Hall–Kier alpha value is -3.17. The highest BCUT2D eigenvalue weighted by Crippen LogP contribution is 2.32. The smallest absolute Gasteiger partial charge is 0.294 e. The maximum absolute atomic E-state index is 13.3. The van der Waals surface area contributed by atoms with Gasteiger partial charge in [0.2, 0.25) is 5.91 Å². The minimum atomic E-state index is -0.591. The molecule has 31 heavy (non-hydrogen) atoms. The van der Waals surface area contributed by atoms with E-state index in [0.29, 0.717) is 5.69 Å². The number of benzene rings is 2. The molecule has 1 saturated heterocycles. The summed E-state index contributed by atoms with van der Waals surface area (Å²) in [5.41, 5.74) is 1.85. The molecule has 6 nitrogen and oxygen atoms in total. The van der Waals surface area contributed by atoms with Crippen molar-refractivity contribution in [3.8, 4) is 5.69 Å². The molecule has 4 rings (SSSR count). The molecule has 3 aromatic rings. The predicted molar refractivity (Wildman–Crippen MR) is 121 cm³/mol. The number of carbonyl (C=O) groups is 3. The molecule has 0 atom stereocenters. The van der Waals surface area contributed by atoms with Gasteiger partial charge in [0.25, 0.3) is 11.1 Å². The van der Waals surface area contributed by atoms with E-state index in [-0.39, 0.29) is 10.6 Å². The Morgan fingerprint density at radius 1 is 1.10 bits per heavy atom. The first-order valence-corrected chi connectivity index (χ1v) is 10.8. The van der Waals surface area contributed by atoms with Crippen LogP contribution in [0.5, 0.6) is 0 Å². The van der Waals surface area contributed by atoms with Crippen LogP contribution in [-0.2, 0) is 9.59 Å². The summed E-state index contributed by atoms with van der Waals surface area (Å²) in [6, 6.07) is 16.7. The van der Waals surface area contributed by atoms with Crippen LogP contribution in [0.25, 0.3) is 11.8 Å².